The van der Waals surface area contributed by atoms with E-state index in [0.29, 0.717) is 12.1 Å². The zero-order valence-corrected chi connectivity index (χ0v) is 10.4. The Morgan fingerprint density at radius 3 is 2.88 bits per heavy atom. The van der Waals surface area contributed by atoms with Crippen LogP contribution in [-0.4, -0.2) is 5.91 Å². The highest BCUT2D eigenvalue weighted by Crippen LogP contribution is 2.17. The number of nitrogens with two attached hydrogens (primary N) is 1. The van der Waals surface area contributed by atoms with Gasteiger partial charge in [0.1, 0.15) is 0 Å². The van der Waals surface area contributed by atoms with Crippen LogP contribution in [0.4, 0.5) is 5.69 Å². The lowest BCUT2D eigenvalue weighted by atomic mass is 10.2. The third-order valence-electron chi connectivity index (χ3n) is 2.42. The summed E-state index contributed by atoms with van der Waals surface area (Å²) in [5.41, 5.74) is 8.08. The van der Waals surface area contributed by atoms with Crippen LogP contribution >= 0.6 is 11.3 Å². The van der Waals surface area contributed by atoms with Crippen LogP contribution in [0.5, 0.6) is 0 Å². The summed E-state index contributed by atoms with van der Waals surface area (Å²) < 4.78 is 0. The molecule has 3 N–H and O–H groups in total. The lowest BCUT2D eigenvalue weighted by Crippen LogP contribution is -2.09. The van der Waals surface area contributed by atoms with E-state index in [-0.39, 0.29) is 5.91 Å². The first-order valence-electron chi connectivity index (χ1n) is 5.33. The number of amides is 1. The summed E-state index contributed by atoms with van der Waals surface area (Å²) in [5, 5.41) is 5.10. The van der Waals surface area contributed by atoms with Crippen molar-refractivity contribution in [2.24, 2.45) is 5.73 Å². The lowest BCUT2D eigenvalue weighted by Gasteiger charge is -2.05. The van der Waals surface area contributed by atoms with Gasteiger partial charge in [0.05, 0.1) is 5.56 Å². The Morgan fingerprint density at radius 2 is 2.24 bits per heavy atom. The largest absolute Gasteiger partial charge is 0.380 e. The van der Waals surface area contributed by atoms with E-state index in [2.05, 4.69) is 24.4 Å². The van der Waals surface area contributed by atoms with Crippen LogP contribution in [0.3, 0.4) is 0 Å². The fourth-order valence-electron chi connectivity index (χ4n) is 1.55. The van der Waals surface area contributed by atoms with Crippen LogP contribution in [0, 0.1) is 6.92 Å². The third kappa shape index (κ3) is 3.07. The van der Waals surface area contributed by atoms with E-state index in [1.54, 1.807) is 5.38 Å². The quantitative estimate of drug-likeness (QED) is 0.871. The van der Waals surface area contributed by atoms with E-state index < -0.39 is 0 Å². The summed E-state index contributed by atoms with van der Waals surface area (Å²) in [6.07, 6.45) is 0. The van der Waals surface area contributed by atoms with Crippen molar-refractivity contribution in [3.05, 3.63) is 51.7 Å². The lowest BCUT2D eigenvalue weighted by molar-refractivity contribution is 0.100. The predicted octanol–water partition coefficient (Wildman–Crippen LogP) is 2.77. The molecular weight excluding hydrogens is 232 g/mol. The molecule has 1 amide bonds. The van der Waals surface area contributed by atoms with Crippen molar-refractivity contribution >= 4 is 22.9 Å². The average Bonchev–Trinajstić information content (AvgIpc) is 2.75. The van der Waals surface area contributed by atoms with Crippen molar-refractivity contribution in [1.82, 2.24) is 0 Å². The van der Waals surface area contributed by atoms with Gasteiger partial charge in [-0.15, -0.1) is 11.3 Å². The van der Waals surface area contributed by atoms with Gasteiger partial charge in [-0.05, 0) is 30.7 Å². The van der Waals surface area contributed by atoms with Crippen molar-refractivity contribution in [3.63, 3.8) is 0 Å². The van der Waals surface area contributed by atoms with Gasteiger partial charge in [-0.1, -0.05) is 12.1 Å². The molecular formula is C13H14N2OS. The Balaban J connectivity index is 2.00. The number of benzene rings is 1. The van der Waals surface area contributed by atoms with E-state index in [0.717, 1.165) is 10.6 Å². The van der Waals surface area contributed by atoms with Crippen molar-refractivity contribution in [2.45, 2.75) is 13.5 Å². The maximum absolute atomic E-state index is 10.9. The summed E-state index contributed by atoms with van der Waals surface area (Å²) in [4.78, 5) is 12.0. The van der Waals surface area contributed by atoms with Crippen LogP contribution in [0.1, 0.15) is 20.8 Å². The number of nitrogens with one attached hydrogen (secondary N) is 1. The first-order valence-corrected chi connectivity index (χ1v) is 6.21. The fourth-order valence-corrected chi connectivity index (χ4v) is 2.36. The molecule has 0 atom stereocenters. The van der Waals surface area contributed by atoms with E-state index in [1.165, 1.54) is 16.9 Å². The SMILES string of the molecule is Cc1cccc(NCc2cc(C(N)=O)cs2)c1. The van der Waals surface area contributed by atoms with Crippen LogP contribution in [0.15, 0.2) is 35.7 Å². The molecule has 1 aromatic carbocycles. The number of hydrogen-bond acceptors (Lipinski definition) is 3. The van der Waals surface area contributed by atoms with Gasteiger partial charge in [0.25, 0.3) is 0 Å². The van der Waals surface area contributed by atoms with Crippen molar-refractivity contribution in [3.8, 4) is 0 Å². The number of anilines is 1. The summed E-state index contributed by atoms with van der Waals surface area (Å²) in [6.45, 7) is 2.77. The fraction of sp³-hybridized carbons (Fsp3) is 0.154. The number of carbonyl (C=O) groups is 1. The normalized spacial score (nSPS) is 10.2. The van der Waals surface area contributed by atoms with Gasteiger partial charge >= 0.3 is 0 Å². The number of rotatable bonds is 4. The molecule has 0 aliphatic rings. The minimum Gasteiger partial charge on any atom is -0.380 e. The predicted molar refractivity (Wildman–Crippen MR) is 71.3 cm³/mol. The molecule has 0 fully saturated rings. The highest BCUT2D eigenvalue weighted by atomic mass is 32.1. The van der Waals surface area contributed by atoms with Gasteiger partial charge in [-0.25, -0.2) is 0 Å². The highest BCUT2D eigenvalue weighted by Gasteiger charge is 2.04. The average molecular weight is 246 g/mol. The van der Waals surface area contributed by atoms with Gasteiger partial charge in [0.2, 0.25) is 5.91 Å². The molecule has 0 bridgehead atoms. The molecule has 0 saturated heterocycles. The highest BCUT2D eigenvalue weighted by molar-refractivity contribution is 7.10. The van der Waals surface area contributed by atoms with Crippen molar-refractivity contribution < 1.29 is 4.79 Å². The maximum Gasteiger partial charge on any atom is 0.249 e. The molecule has 2 rings (SSSR count). The number of hydrogen-bond donors (Lipinski definition) is 2. The minimum atomic E-state index is -0.372. The Bertz CT molecular complexity index is 534. The second-order valence-corrected chi connectivity index (χ2v) is 4.88. The Morgan fingerprint density at radius 1 is 1.41 bits per heavy atom. The number of thiophene rings is 1. The Kier molecular flexibility index (Phi) is 3.44. The number of primary amides is 1. The summed E-state index contributed by atoms with van der Waals surface area (Å²) in [7, 11) is 0. The standard InChI is InChI=1S/C13H14N2OS/c1-9-3-2-4-11(5-9)15-7-12-6-10(8-17-12)13(14)16/h2-6,8,15H,7H2,1H3,(H2,14,16). The third-order valence-corrected chi connectivity index (χ3v) is 3.36. The Hall–Kier alpha value is -1.81. The molecule has 3 nitrogen and oxygen atoms in total. The molecule has 1 heterocycles. The smallest absolute Gasteiger partial charge is 0.249 e. The molecule has 88 valence electrons. The molecule has 0 saturated carbocycles. The van der Waals surface area contributed by atoms with E-state index >= 15 is 0 Å². The van der Waals surface area contributed by atoms with E-state index in [9.17, 15) is 4.79 Å². The van der Waals surface area contributed by atoms with Crippen LogP contribution in [0.25, 0.3) is 0 Å². The monoisotopic (exact) mass is 246 g/mol. The first kappa shape index (κ1) is 11.7. The second kappa shape index (κ2) is 5.01. The molecule has 0 spiro atoms. The molecule has 1 aromatic heterocycles. The topological polar surface area (TPSA) is 55.1 Å². The zero-order valence-electron chi connectivity index (χ0n) is 9.57. The molecule has 17 heavy (non-hydrogen) atoms. The number of aryl methyl sites for hydroxylation is 1. The second-order valence-electron chi connectivity index (χ2n) is 3.89. The number of carbonyl (C=O) groups excluding carboxylic acids is 1. The molecule has 4 heteroatoms. The van der Waals surface area contributed by atoms with Gasteiger partial charge in [-0.3, -0.25) is 4.79 Å². The molecule has 0 unspecified atom stereocenters. The van der Waals surface area contributed by atoms with Crippen LogP contribution in [0.2, 0.25) is 0 Å². The Labute approximate surface area is 104 Å². The molecule has 0 aliphatic carbocycles. The first-order chi connectivity index (χ1) is 8.15. The van der Waals surface area contributed by atoms with Crippen LogP contribution in [-0.2, 0) is 6.54 Å². The van der Waals surface area contributed by atoms with Gasteiger partial charge in [0.15, 0.2) is 0 Å². The minimum absolute atomic E-state index is 0.372. The van der Waals surface area contributed by atoms with Gasteiger partial charge in [0, 0.05) is 22.5 Å². The molecule has 0 aliphatic heterocycles. The summed E-state index contributed by atoms with van der Waals surface area (Å²) in [6, 6.07) is 10.0. The summed E-state index contributed by atoms with van der Waals surface area (Å²) in [5.74, 6) is -0.372. The van der Waals surface area contributed by atoms with Crippen molar-refractivity contribution in [2.75, 3.05) is 5.32 Å². The maximum atomic E-state index is 10.9. The zero-order chi connectivity index (χ0) is 12.3. The summed E-state index contributed by atoms with van der Waals surface area (Å²) >= 11 is 1.54. The van der Waals surface area contributed by atoms with E-state index in [1.807, 2.05) is 18.2 Å². The van der Waals surface area contributed by atoms with Gasteiger partial charge in [-0.2, -0.15) is 0 Å². The molecule has 2 aromatic rings. The van der Waals surface area contributed by atoms with Crippen molar-refractivity contribution in [1.29, 1.82) is 0 Å². The van der Waals surface area contributed by atoms with E-state index in [4.69, 9.17) is 5.73 Å². The van der Waals surface area contributed by atoms with Gasteiger partial charge < -0.3 is 11.1 Å². The molecule has 0 radical (unpaired) electrons. The van der Waals surface area contributed by atoms with Crippen LogP contribution < -0.4 is 11.1 Å².